The fourth-order valence-corrected chi connectivity index (χ4v) is 3.11. The molecule has 0 bridgehead atoms. The number of benzene rings is 2. The lowest BCUT2D eigenvalue weighted by Gasteiger charge is -2.15. The average molecular weight is 251 g/mol. The van der Waals surface area contributed by atoms with Gasteiger partial charge < -0.3 is 4.74 Å². The van der Waals surface area contributed by atoms with Crippen LogP contribution < -0.4 is 4.74 Å². The molecule has 2 nitrogen and oxygen atoms in total. The number of ether oxygens (including phenoxy) is 1. The van der Waals surface area contributed by atoms with Crippen molar-refractivity contribution in [1.82, 2.24) is 4.90 Å². The summed E-state index contributed by atoms with van der Waals surface area (Å²) in [6, 6.07) is 15.4. The quantitative estimate of drug-likeness (QED) is 0.813. The first-order chi connectivity index (χ1) is 9.38. The van der Waals surface area contributed by atoms with Crippen LogP contribution in [0.5, 0.6) is 5.75 Å². The summed E-state index contributed by atoms with van der Waals surface area (Å²) in [5, 5.41) is 0. The molecule has 2 aromatic rings. The molecule has 0 unspecified atom stereocenters. The first kappa shape index (κ1) is 11.1. The fourth-order valence-electron chi connectivity index (χ4n) is 3.11. The molecule has 2 aromatic carbocycles. The van der Waals surface area contributed by atoms with E-state index in [-0.39, 0.29) is 0 Å². The van der Waals surface area contributed by atoms with Crippen molar-refractivity contribution >= 4 is 0 Å². The number of nitrogens with zero attached hydrogens (tertiary/aromatic N) is 1. The predicted molar refractivity (Wildman–Crippen MR) is 75.0 cm³/mol. The largest absolute Gasteiger partial charge is 0.493 e. The van der Waals surface area contributed by atoms with Gasteiger partial charge in [0.1, 0.15) is 5.75 Å². The monoisotopic (exact) mass is 251 g/mol. The lowest BCUT2D eigenvalue weighted by Crippen LogP contribution is -2.15. The molecule has 0 saturated heterocycles. The van der Waals surface area contributed by atoms with E-state index in [1.54, 1.807) is 0 Å². The summed E-state index contributed by atoms with van der Waals surface area (Å²) in [5.41, 5.74) is 5.73. The van der Waals surface area contributed by atoms with Gasteiger partial charge in [-0.2, -0.15) is 0 Å². The maximum Gasteiger partial charge on any atom is 0.122 e. The molecule has 4 rings (SSSR count). The van der Waals surface area contributed by atoms with Gasteiger partial charge >= 0.3 is 0 Å². The van der Waals surface area contributed by atoms with Crippen molar-refractivity contribution in [2.24, 2.45) is 0 Å². The molecule has 0 fully saturated rings. The molecular weight excluding hydrogens is 234 g/mol. The summed E-state index contributed by atoms with van der Waals surface area (Å²) in [5.74, 6) is 1.08. The van der Waals surface area contributed by atoms with Crippen molar-refractivity contribution in [2.75, 3.05) is 6.61 Å². The van der Waals surface area contributed by atoms with Crippen LogP contribution in [0.15, 0.2) is 42.5 Å². The van der Waals surface area contributed by atoms with Crippen LogP contribution in [0.4, 0.5) is 0 Å². The normalized spacial score (nSPS) is 17.1. The van der Waals surface area contributed by atoms with Gasteiger partial charge in [-0.05, 0) is 28.3 Å². The summed E-state index contributed by atoms with van der Waals surface area (Å²) in [7, 11) is 0. The molecule has 0 aliphatic carbocycles. The van der Waals surface area contributed by atoms with Crippen molar-refractivity contribution in [3.63, 3.8) is 0 Å². The van der Waals surface area contributed by atoms with Gasteiger partial charge in [-0.1, -0.05) is 36.4 Å². The molecule has 0 N–H and O–H groups in total. The minimum absolute atomic E-state index is 0.841. The van der Waals surface area contributed by atoms with E-state index in [1.807, 2.05) is 0 Å². The average Bonchev–Trinajstić information content (AvgIpc) is 3.03. The molecule has 0 aromatic heterocycles. The van der Waals surface area contributed by atoms with Crippen LogP contribution in [0.2, 0.25) is 0 Å². The highest BCUT2D eigenvalue weighted by molar-refractivity contribution is 5.40. The second-order valence-electron chi connectivity index (χ2n) is 5.45. The summed E-state index contributed by atoms with van der Waals surface area (Å²) in [6.45, 7) is 4.02. The van der Waals surface area contributed by atoms with Crippen LogP contribution in [0.3, 0.4) is 0 Å². The molecule has 2 heteroatoms. The molecule has 0 spiro atoms. The third-order valence-corrected chi connectivity index (χ3v) is 4.07. The maximum atomic E-state index is 5.56. The van der Waals surface area contributed by atoms with Crippen LogP contribution in [0.25, 0.3) is 0 Å². The second-order valence-corrected chi connectivity index (χ2v) is 5.45. The van der Waals surface area contributed by atoms with Crippen LogP contribution in [-0.2, 0) is 26.1 Å². The molecule has 2 aliphatic rings. The summed E-state index contributed by atoms with van der Waals surface area (Å²) in [6.07, 6.45) is 1.06. The van der Waals surface area contributed by atoms with Gasteiger partial charge in [0.05, 0.1) is 6.61 Å². The Labute approximate surface area is 113 Å². The van der Waals surface area contributed by atoms with Gasteiger partial charge in [-0.3, -0.25) is 4.90 Å². The van der Waals surface area contributed by atoms with Crippen LogP contribution >= 0.6 is 0 Å². The molecule has 0 amide bonds. The number of fused-ring (bicyclic) bond motifs is 2. The predicted octanol–water partition coefficient (Wildman–Crippen LogP) is 3.14. The zero-order valence-electron chi connectivity index (χ0n) is 10.9. The standard InChI is InChI=1S/C17H17NO/c1-2-4-16-12-18(11-15(16)3-1)10-13-5-6-17-14(9-13)7-8-19-17/h1-6,9H,7-8,10-12H2. The second kappa shape index (κ2) is 4.39. The van der Waals surface area contributed by atoms with Crippen molar-refractivity contribution in [1.29, 1.82) is 0 Å². The summed E-state index contributed by atoms with van der Waals surface area (Å²) in [4.78, 5) is 2.50. The number of hydrogen-bond acceptors (Lipinski definition) is 2. The lowest BCUT2D eigenvalue weighted by atomic mass is 10.1. The van der Waals surface area contributed by atoms with Crippen molar-refractivity contribution in [3.8, 4) is 5.75 Å². The maximum absolute atomic E-state index is 5.56. The molecule has 2 heterocycles. The van der Waals surface area contributed by atoms with Gasteiger partial charge in [0.25, 0.3) is 0 Å². The van der Waals surface area contributed by atoms with E-state index < -0.39 is 0 Å². The Kier molecular flexibility index (Phi) is 2.56. The fraction of sp³-hybridized carbons (Fsp3) is 0.294. The topological polar surface area (TPSA) is 12.5 Å². The van der Waals surface area contributed by atoms with Crippen LogP contribution in [0, 0.1) is 0 Å². The zero-order valence-corrected chi connectivity index (χ0v) is 10.9. The van der Waals surface area contributed by atoms with E-state index in [2.05, 4.69) is 47.4 Å². The highest BCUT2D eigenvalue weighted by Gasteiger charge is 2.19. The van der Waals surface area contributed by atoms with Gasteiger partial charge in [-0.25, -0.2) is 0 Å². The van der Waals surface area contributed by atoms with Crippen molar-refractivity contribution in [3.05, 3.63) is 64.7 Å². The smallest absolute Gasteiger partial charge is 0.122 e. The Balaban J connectivity index is 1.51. The van der Waals surface area contributed by atoms with E-state index in [4.69, 9.17) is 4.74 Å². The Bertz CT molecular complexity index is 595. The number of hydrogen-bond donors (Lipinski definition) is 0. The van der Waals surface area contributed by atoms with Crippen molar-refractivity contribution in [2.45, 2.75) is 26.1 Å². The molecule has 2 aliphatic heterocycles. The van der Waals surface area contributed by atoms with Crippen LogP contribution in [-0.4, -0.2) is 11.5 Å². The highest BCUT2D eigenvalue weighted by atomic mass is 16.5. The molecule has 96 valence electrons. The van der Waals surface area contributed by atoms with E-state index in [9.17, 15) is 0 Å². The Hall–Kier alpha value is -1.80. The van der Waals surface area contributed by atoms with Crippen LogP contribution in [0.1, 0.15) is 22.3 Å². The first-order valence-electron chi connectivity index (χ1n) is 6.92. The molecule has 19 heavy (non-hydrogen) atoms. The Morgan fingerprint density at radius 1 is 0.947 bits per heavy atom. The van der Waals surface area contributed by atoms with E-state index in [0.717, 1.165) is 38.4 Å². The van der Waals surface area contributed by atoms with E-state index in [0.29, 0.717) is 0 Å². The highest BCUT2D eigenvalue weighted by Crippen LogP contribution is 2.28. The zero-order chi connectivity index (χ0) is 12.7. The molecule has 0 atom stereocenters. The van der Waals surface area contributed by atoms with E-state index >= 15 is 0 Å². The van der Waals surface area contributed by atoms with Gasteiger partial charge in [-0.15, -0.1) is 0 Å². The summed E-state index contributed by atoms with van der Waals surface area (Å²) >= 11 is 0. The molecular formula is C17H17NO. The van der Waals surface area contributed by atoms with Gasteiger partial charge in [0.15, 0.2) is 0 Å². The van der Waals surface area contributed by atoms with Gasteiger partial charge in [0.2, 0.25) is 0 Å². The lowest BCUT2D eigenvalue weighted by molar-refractivity contribution is 0.275. The Morgan fingerprint density at radius 2 is 1.74 bits per heavy atom. The minimum Gasteiger partial charge on any atom is -0.493 e. The first-order valence-corrected chi connectivity index (χ1v) is 6.92. The third-order valence-electron chi connectivity index (χ3n) is 4.07. The van der Waals surface area contributed by atoms with E-state index in [1.165, 1.54) is 22.3 Å². The molecule has 0 radical (unpaired) electrons. The van der Waals surface area contributed by atoms with Crippen molar-refractivity contribution < 1.29 is 4.74 Å². The molecule has 0 saturated carbocycles. The third kappa shape index (κ3) is 2.02. The SMILES string of the molecule is c1ccc2c(c1)CN(Cc1ccc3c(c1)CCO3)C2. The Morgan fingerprint density at radius 3 is 2.53 bits per heavy atom. The number of rotatable bonds is 2. The van der Waals surface area contributed by atoms with Gasteiger partial charge in [0, 0.05) is 26.1 Å². The summed E-state index contributed by atoms with van der Waals surface area (Å²) < 4.78 is 5.56. The minimum atomic E-state index is 0.841.